The van der Waals surface area contributed by atoms with Gasteiger partial charge in [0.15, 0.2) is 5.75 Å². The van der Waals surface area contributed by atoms with Crippen LogP contribution in [0.25, 0.3) is 0 Å². The predicted octanol–water partition coefficient (Wildman–Crippen LogP) is 1.94. The zero-order valence-electron chi connectivity index (χ0n) is 9.84. The lowest BCUT2D eigenvalue weighted by Gasteiger charge is -2.03. The number of hydrogen-bond acceptors (Lipinski definition) is 4. The Kier molecular flexibility index (Phi) is 3.72. The van der Waals surface area contributed by atoms with Gasteiger partial charge >= 0.3 is 0 Å². The Labute approximate surface area is 100 Å². The second kappa shape index (κ2) is 5.45. The lowest BCUT2D eigenvalue weighted by atomic mass is 10.3. The molecule has 0 aliphatic carbocycles. The van der Waals surface area contributed by atoms with Gasteiger partial charge in [0, 0.05) is 25.4 Å². The Morgan fingerprint density at radius 1 is 1.41 bits per heavy atom. The van der Waals surface area contributed by atoms with Crippen LogP contribution in [0.3, 0.4) is 0 Å². The van der Waals surface area contributed by atoms with E-state index >= 15 is 0 Å². The number of pyridine rings is 1. The van der Waals surface area contributed by atoms with Crippen molar-refractivity contribution in [1.82, 2.24) is 14.8 Å². The monoisotopic (exact) mass is 232 g/mol. The Balaban J connectivity index is 2.08. The molecule has 0 saturated carbocycles. The van der Waals surface area contributed by atoms with Gasteiger partial charge in [0.25, 0.3) is 0 Å². The number of nitrogens with two attached hydrogens (primary N) is 1. The normalized spacial score (nSPS) is 10.5. The van der Waals surface area contributed by atoms with E-state index in [4.69, 9.17) is 10.5 Å². The molecule has 0 radical (unpaired) electrons. The van der Waals surface area contributed by atoms with Crippen molar-refractivity contribution in [3.8, 4) is 11.5 Å². The Bertz CT molecular complexity index is 481. The van der Waals surface area contributed by atoms with Gasteiger partial charge in [-0.2, -0.15) is 5.10 Å². The summed E-state index contributed by atoms with van der Waals surface area (Å²) in [5.74, 6) is 1.46. The number of ether oxygens (including phenoxy) is 1. The van der Waals surface area contributed by atoms with Gasteiger partial charge in [-0.3, -0.25) is 9.67 Å². The Morgan fingerprint density at radius 3 is 3.06 bits per heavy atom. The number of hydrogen-bond donors (Lipinski definition) is 1. The lowest BCUT2D eigenvalue weighted by Crippen LogP contribution is -1.99. The van der Waals surface area contributed by atoms with Crippen LogP contribution in [0, 0.1) is 0 Å². The summed E-state index contributed by atoms with van der Waals surface area (Å²) in [4.78, 5) is 4.11. The van der Waals surface area contributed by atoms with Crippen molar-refractivity contribution in [2.45, 2.75) is 26.4 Å². The molecule has 2 heterocycles. The molecule has 0 fully saturated rings. The van der Waals surface area contributed by atoms with Crippen LogP contribution < -0.4 is 10.5 Å². The number of aromatic nitrogens is 3. The molecular formula is C12H16N4O. The minimum absolute atomic E-state index is 0.409. The molecule has 0 aliphatic heterocycles. The van der Waals surface area contributed by atoms with Crippen LogP contribution in [0.1, 0.15) is 19.0 Å². The maximum atomic E-state index is 5.67. The Morgan fingerprint density at radius 2 is 2.29 bits per heavy atom. The second-order valence-corrected chi connectivity index (χ2v) is 3.73. The molecule has 17 heavy (non-hydrogen) atoms. The minimum Gasteiger partial charge on any atom is -0.454 e. The summed E-state index contributed by atoms with van der Waals surface area (Å²) in [6.07, 6.45) is 6.33. The molecule has 90 valence electrons. The first-order chi connectivity index (χ1) is 8.31. The standard InChI is InChI=1S/C12H16N4O/c1-2-5-16-9-12(8-15-16)17-11-3-4-14-10(6-11)7-13/h3-4,6,8-9H,2,5,7,13H2,1H3. The van der Waals surface area contributed by atoms with Gasteiger partial charge in [0.2, 0.25) is 0 Å². The van der Waals surface area contributed by atoms with Gasteiger partial charge in [-0.25, -0.2) is 0 Å². The van der Waals surface area contributed by atoms with Crippen molar-refractivity contribution in [3.63, 3.8) is 0 Å². The van der Waals surface area contributed by atoms with Crippen LogP contribution >= 0.6 is 0 Å². The summed E-state index contributed by atoms with van der Waals surface area (Å²) in [7, 11) is 0. The molecule has 0 spiro atoms. The van der Waals surface area contributed by atoms with E-state index in [-0.39, 0.29) is 0 Å². The average Bonchev–Trinajstić information content (AvgIpc) is 2.77. The van der Waals surface area contributed by atoms with Crippen molar-refractivity contribution >= 4 is 0 Å². The van der Waals surface area contributed by atoms with Gasteiger partial charge in [0.1, 0.15) is 5.75 Å². The molecule has 0 unspecified atom stereocenters. The zero-order valence-corrected chi connectivity index (χ0v) is 9.84. The number of aryl methyl sites for hydroxylation is 1. The summed E-state index contributed by atoms with van der Waals surface area (Å²) in [6.45, 7) is 3.42. The quantitative estimate of drug-likeness (QED) is 0.855. The van der Waals surface area contributed by atoms with Crippen LogP contribution in [-0.2, 0) is 13.1 Å². The Hall–Kier alpha value is -1.88. The summed E-state index contributed by atoms with van der Waals surface area (Å²) >= 11 is 0. The van der Waals surface area contributed by atoms with E-state index in [1.807, 2.05) is 16.9 Å². The molecular weight excluding hydrogens is 216 g/mol. The zero-order chi connectivity index (χ0) is 12.1. The van der Waals surface area contributed by atoms with E-state index < -0.39 is 0 Å². The highest BCUT2D eigenvalue weighted by Crippen LogP contribution is 2.20. The number of nitrogens with zero attached hydrogens (tertiary/aromatic N) is 3. The maximum Gasteiger partial charge on any atom is 0.165 e. The highest BCUT2D eigenvalue weighted by molar-refractivity contribution is 5.28. The summed E-state index contributed by atoms with van der Waals surface area (Å²) < 4.78 is 7.53. The molecule has 5 heteroatoms. The van der Waals surface area contributed by atoms with Gasteiger partial charge in [-0.05, 0) is 12.5 Å². The molecule has 2 rings (SSSR count). The van der Waals surface area contributed by atoms with Crippen LogP contribution in [0.15, 0.2) is 30.7 Å². The van der Waals surface area contributed by atoms with Crippen LogP contribution in [0.4, 0.5) is 0 Å². The van der Waals surface area contributed by atoms with Crippen LogP contribution in [0.2, 0.25) is 0 Å². The molecule has 2 N–H and O–H groups in total. The largest absolute Gasteiger partial charge is 0.454 e. The third-order valence-corrected chi connectivity index (χ3v) is 2.30. The first-order valence-electron chi connectivity index (χ1n) is 5.67. The van der Waals surface area contributed by atoms with E-state index in [1.54, 1.807) is 18.5 Å². The first-order valence-corrected chi connectivity index (χ1v) is 5.67. The third-order valence-electron chi connectivity index (χ3n) is 2.30. The van der Waals surface area contributed by atoms with Crippen LogP contribution in [-0.4, -0.2) is 14.8 Å². The van der Waals surface area contributed by atoms with Crippen molar-refractivity contribution in [3.05, 3.63) is 36.4 Å². The van der Waals surface area contributed by atoms with Crippen molar-refractivity contribution in [2.75, 3.05) is 0 Å². The van der Waals surface area contributed by atoms with Gasteiger partial charge in [0.05, 0.1) is 18.1 Å². The fourth-order valence-electron chi connectivity index (χ4n) is 1.52. The topological polar surface area (TPSA) is 66.0 Å². The second-order valence-electron chi connectivity index (χ2n) is 3.73. The third kappa shape index (κ3) is 3.04. The average molecular weight is 232 g/mol. The van der Waals surface area contributed by atoms with Gasteiger partial charge in [-0.15, -0.1) is 0 Å². The molecule has 0 atom stereocenters. The smallest absolute Gasteiger partial charge is 0.165 e. The highest BCUT2D eigenvalue weighted by atomic mass is 16.5. The molecule has 0 bridgehead atoms. The maximum absolute atomic E-state index is 5.67. The van der Waals surface area contributed by atoms with Crippen molar-refractivity contribution < 1.29 is 4.74 Å². The fourth-order valence-corrected chi connectivity index (χ4v) is 1.52. The van der Waals surface area contributed by atoms with E-state index in [1.165, 1.54) is 0 Å². The van der Waals surface area contributed by atoms with E-state index in [2.05, 4.69) is 17.0 Å². The lowest BCUT2D eigenvalue weighted by molar-refractivity contribution is 0.479. The molecule has 0 amide bonds. The molecule has 0 saturated heterocycles. The van der Waals surface area contributed by atoms with E-state index in [9.17, 15) is 0 Å². The van der Waals surface area contributed by atoms with Crippen molar-refractivity contribution in [2.24, 2.45) is 5.73 Å². The molecule has 2 aromatic heterocycles. The summed E-state index contributed by atoms with van der Waals surface area (Å²) in [6, 6.07) is 3.63. The van der Waals surface area contributed by atoms with E-state index in [0.29, 0.717) is 6.54 Å². The van der Waals surface area contributed by atoms with Crippen molar-refractivity contribution in [1.29, 1.82) is 0 Å². The predicted molar refractivity (Wildman–Crippen MR) is 64.7 cm³/mol. The van der Waals surface area contributed by atoms with Crippen LogP contribution in [0.5, 0.6) is 11.5 Å². The molecule has 0 aromatic carbocycles. The molecule has 5 nitrogen and oxygen atoms in total. The molecule has 0 aliphatic rings. The van der Waals surface area contributed by atoms with Gasteiger partial charge in [-0.1, -0.05) is 6.92 Å². The summed E-state index contributed by atoms with van der Waals surface area (Å²) in [5, 5.41) is 4.20. The summed E-state index contributed by atoms with van der Waals surface area (Å²) in [5.41, 5.74) is 6.33. The SMILES string of the molecule is CCCn1cc(Oc2ccnc(CN)c2)cn1. The molecule has 2 aromatic rings. The van der Waals surface area contributed by atoms with E-state index in [0.717, 1.165) is 30.2 Å². The van der Waals surface area contributed by atoms with Gasteiger partial charge < -0.3 is 10.5 Å². The first kappa shape index (κ1) is 11.6. The highest BCUT2D eigenvalue weighted by Gasteiger charge is 2.02. The minimum atomic E-state index is 0.409. The fraction of sp³-hybridized carbons (Fsp3) is 0.333. The number of rotatable bonds is 5.